The molecule has 9 nitrogen and oxygen atoms in total. The molecule has 1 saturated carbocycles. The fourth-order valence-corrected chi connectivity index (χ4v) is 6.37. The highest BCUT2D eigenvalue weighted by atomic mass is 32.2. The number of hydrogen-bond acceptors (Lipinski definition) is 5. The molecule has 1 unspecified atom stereocenters. The molecule has 0 bridgehead atoms. The summed E-state index contributed by atoms with van der Waals surface area (Å²) in [6, 6.07) is 19.9. The molecule has 1 aliphatic rings. The number of carbonyl (C=O) groups is 2. The molecule has 0 spiro atoms. The third kappa shape index (κ3) is 8.61. The van der Waals surface area contributed by atoms with Crippen molar-refractivity contribution in [2.75, 3.05) is 5.32 Å². The lowest BCUT2D eigenvalue weighted by Gasteiger charge is -2.39. The standard InChI is InChI=1S/C35H37F4N5O4S/c1-33(2,3)49(48)43-34(17-16-22-12-13-22,24-9-5-4-6-10-24)25-14-15-27(36)28(19-25)41-31(45)29-20-30(35(37,38)39)42-44(29)26-11-7-8-23(18-26)21-40-32(46)47/h4-11,14-15,18-20,22,40,43H,12-13,16-17,21H2,1-3H3,(H,41,45)(H,46,47)/t34-,49?/m0/s1. The minimum absolute atomic E-state index is 0.0524. The van der Waals surface area contributed by atoms with Gasteiger partial charge in [-0.05, 0) is 80.5 Å². The summed E-state index contributed by atoms with van der Waals surface area (Å²) in [5.74, 6) is -1.40. The van der Waals surface area contributed by atoms with Gasteiger partial charge in [0, 0.05) is 24.0 Å². The number of nitrogens with one attached hydrogen (secondary N) is 3. The van der Waals surface area contributed by atoms with Gasteiger partial charge in [0.05, 0.1) is 11.4 Å². The van der Waals surface area contributed by atoms with Gasteiger partial charge in [-0.3, -0.25) is 4.79 Å². The maximum absolute atomic E-state index is 15.5. The van der Waals surface area contributed by atoms with Gasteiger partial charge in [0.15, 0.2) is 5.69 Å². The molecule has 1 aliphatic carbocycles. The molecular formula is C35H37F4N5O4S. The molecule has 1 fully saturated rings. The van der Waals surface area contributed by atoms with Crippen LogP contribution in [0.5, 0.6) is 0 Å². The summed E-state index contributed by atoms with van der Waals surface area (Å²) in [5, 5.41) is 17.2. The predicted octanol–water partition coefficient (Wildman–Crippen LogP) is 7.54. The Hall–Kier alpha value is -4.40. The molecule has 260 valence electrons. The van der Waals surface area contributed by atoms with E-state index in [-0.39, 0.29) is 17.9 Å². The van der Waals surface area contributed by atoms with E-state index in [1.165, 1.54) is 30.3 Å². The summed E-state index contributed by atoms with van der Waals surface area (Å²) in [6.45, 7) is 5.35. The smallest absolute Gasteiger partial charge is 0.435 e. The first-order valence-corrected chi connectivity index (χ1v) is 16.8. The van der Waals surface area contributed by atoms with Crippen LogP contribution in [0, 0.1) is 11.7 Å². The van der Waals surface area contributed by atoms with E-state index in [0.29, 0.717) is 29.5 Å². The second-order valence-electron chi connectivity index (χ2n) is 13.0. The van der Waals surface area contributed by atoms with Crippen molar-refractivity contribution in [3.63, 3.8) is 0 Å². The van der Waals surface area contributed by atoms with Gasteiger partial charge in [0.1, 0.15) is 21.8 Å². The number of carbonyl (C=O) groups excluding carboxylic acids is 1. The van der Waals surface area contributed by atoms with Crippen LogP contribution in [-0.4, -0.2) is 36.2 Å². The Morgan fingerprint density at radius 2 is 1.69 bits per heavy atom. The monoisotopic (exact) mass is 699 g/mol. The zero-order valence-corrected chi connectivity index (χ0v) is 27.9. The van der Waals surface area contributed by atoms with E-state index in [9.17, 15) is 27.3 Å². The summed E-state index contributed by atoms with van der Waals surface area (Å²) in [5.41, 5.74) is -1.50. The number of amides is 2. The molecule has 4 aromatic rings. The van der Waals surface area contributed by atoms with E-state index in [4.69, 9.17) is 5.11 Å². The fraction of sp³-hybridized carbons (Fsp3) is 0.343. The highest BCUT2D eigenvalue weighted by Gasteiger charge is 2.43. The van der Waals surface area contributed by atoms with Crippen molar-refractivity contribution < 1.29 is 36.8 Å². The topological polar surface area (TPSA) is 131 Å². The second-order valence-corrected chi connectivity index (χ2v) is 15.0. The van der Waals surface area contributed by atoms with Crippen molar-refractivity contribution in [1.82, 2.24) is 19.8 Å². The van der Waals surface area contributed by atoms with Crippen LogP contribution < -0.4 is 15.4 Å². The maximum atomic E-state index is 15.5. The Morgan fingerprint density at radius 3 is 2.33 bits per heavy atom. The number of hydrogen-bond donors (Lipinski definition) is 4. The number of anilines is 1. The average molecular weight is 700 g/mol. The number of carboxylic acid groups (broad SMARTS) is 1. The Labute approximate surface area is 284 Å². The maximum Gasteiger partial charge on any atom is 0.435 e. The van der Waals surface area contributed by atoms with Crippen LogP contribution in [-0.2, 0) is 29.6 Å². The number of rotatable bonds is 12. The first-order chi connectivity index (χ1) is 23.1. The molecule has 3 aromatic carbocycles. The minimum Gasteiger partial charge on any atom is -0.598 e. The van der Waals surface area contributed by atoms with E-state index >= 15 is 4.39 Å². The normalized spacial score (nSPS) is 15.3. The fourth-order valence-electron chi connectivity index (χ4n) is 5.41. The highest BCUT2D eigenvalue weighted by Crippen LogP contribution is 2.43. The molecule has 0 saturated heterocycles. The molecule has 2 atom stereocenters. The van der Waals surface area contributed by atoms with E-state index in [0.717, 1.165) is 29.5 Å². The number of benzene rings is 3. The van der Waals surface area contributed by atoms with Gasteiger partial charge in [0.25, 0.3) is 5.91 Å². The first kappa shape index (κ1) is 35.9. The molecule has 4 N–H and O–H groups in total. The summed E-state index contributed by atoms with van der Waals surface area (Å²) in [6.07, 6.45) is -2.74. The van der Waals surface area contributed by atoms with E-state index < -0.39 is 57.0 Å². The van der Waals surface area contributed by atoms with Crippen LogP contribution in [0.15, 0.2) is 78.9 Å². The van der Waals surface area contributed by atoms with Gasteiger partial charge >= 0.3 is 12.3 Å². The molecule has 5 rings (SSSR count). The van der Waals surface area contributed by atoms with Gasteiger partial charge in [0.2, 0.25) is 0 Å². The molecule has 1 aromatic heterocycles. The van der Waals surface area contributed by atoms with Gasteiger partial charge in [-0.1, -0.05) is 61.4 Å². The van der Waals surface area contributed by atoms with Gasteiger partial charge in [-0.25, -0.2) is 13.9 Å². The Bertz CT molecular complexity index is 1810. The highest BCUT2D eigenvalue weighted by molar-refractivity contribution is 7.90. The van der Waals surface area contributed by atoms with Gasteiger partial charge in [-0.2, -0.15) is 18.3 Å². The molecule has 0 radical (unpaired) electrons. The first-order valence-electron chi connectivity index (χ1n) is 15.7. The lowest BCUT2D eigenvalue weighted by molar-refractivity contribution is -0.141. The molecule has 2 amide bonds. The quantitative estimate of drug-likeness (QED) is 0.0893. The lowest BCUT2D eigenvalue weighted by atomic mass is 9.79. The van der Waals surface area contributed by atoms with E-state index in [2.05, 4.69) is 20.5 Å². The van der Waals surface area contributed by atoms with Crippen LogP contribution >= 0.6 is 0 Å². The molecule has 14 heteroatoms. The number of alkyl halides is 3. The molecular weight excluding hydrogens is 662 g/mol. The second kappa shape index (κ2) is 14.2. The van der Waals surface area contributed by atoms with Gasteiger partial charge in [-0.15, -0.1) is 4.72 Å². The molecule has 49 heavy (non-hydrogen) atoms. The van der Waals surface area contributed by atoms with Crippen LogP contribution in [0.1, 0.15) is 79.3 Å². The van der Waals surface area contributed by atoms with Crippen molar-refractivity contribution in [1.29, 1.82) is 0 Å². The summed E-state index contributed by atoms with van der Waals surface area (Å²) >= 11 is -1.58. The van der Waals surface area contributed by atoms with E-state index in [1.807, 2.05) is 51.1 Å². The molecule has 0 aliphatic heterocycles. The zero-order valence-electron chi connectivity index (χ0n) is 27.1. The van der Waals surface area contributed by atoms with Crippen molar-refractivity contribution in [3.05, 3.63) is 113 Å². The Kier molecular flexibility index (Phi) is 10.4. The van der Waals surface area contributed by atoms with Crippen molar-refractivity contribution >= 4 is 29.0 Å². The van der Waals surface area contributed by atoms with Crippen LogP contribution in [0.3, 0.4) is 0 Å². The molecule has 1 heterocycles. The van der Waals surface area contributed by atoms with Crippen LogP contribution in [0.2, 0.25) is 0 Å². The minimum atomic E-state index is -4.90. The number of aromatic nitrogens is 2. The third-order valence-corrected chi connectivity index (χ3v) is 9.90. The van der Waals surface area contributed by atoms with Crippen molar-refractivity contribution in [3.8, 4) is 5.69 Å². The predicted molar refractivity (Wildman–Crippen MR) is 178 cm³/mol. The summed E-state index contributed by atoms with van der Waals surface area (Å²) < 4.78 is 74.1. The van der Waals surface area contributed by atoms with Crippen LogP contribution in [0.4, 0.5) is 28.0 Å². The summed E-state index contributed by atoms with van der Waals surface area (Å²) in [7, 11) is 0. The Morgan fingerprint density at radius 1 is 0.980 bits per heavy atom. The largest absolute Gasteiger partial charge is 0.598 e. The number of nitrogens with zero attached hydrogens (tertiary/aromatic N) is 2. The third-order valence-electron chi connectivity index (χ3n) is 8.25. The Balaban J connectivity index is 1.56. The lowest BCUT2D eigenvalue weighted by Crippen LogP contribution is -2.52. The van der Waals surface area contributed by atoms with Crippen LogP contribution in [0.25, 0.3) is 5.69 Å². The van der Waals surface area contributed by atoms with Crippen molar-refractivity contribution in [2.24, 2.45) is 5.92 Å². The number of halogens is 4. The van der Waals surface area contributed by atoms with E-state index in [1.54, 1.807) is 12.1 Å². The summed E-state index contributed by atoms with van der Waals surface area (Å²) in [4.78, 5) is 24.7. The zero-order chi connectivity index (χ0) is 35.6. The average Bonchev–Trinajstić information content (AvgIpc) is 3.76. The van der Waals surface area contributed by atoms with Gasteiger partial charge < -0.3 is 20.3 Å². The van der Waals surface area contributed by atoms with Crippen molar-refractivity contribution in [2.45, 2.75) is 69.5 Å². The SMILES string of the molecule is CC(C)(C)[S+]([O-])N[C@@](CCC1CC1)(c1ccccc1)c1ccc(F)c(NC(=O)c2cc(C(F)(F)F)nn2-c2cccc(CNC(=O)O)c2)c1.